The number of nitrogens with zero attached hydrogens (tertiary/aromatic N) is 2. The number of H-pyrrole nitrogens is 2. The highest BCUT2D eigenvalue weighted by Gasteiger charge is 2.21. The van der Waals surface area contributed by atoms with Crippen LogP contribution in [0.4, 0.5) is 0 Å². The van der Waals surface area contributed by atoms with E-state index in [1.54, 1.807) is 36.4 Å². The number of aromatic nitrogens is 4. The summed E-state index contributed by atoms with van der Waals surface area (Å²) in [6, 6.07) is 25.5. The molecule has 0 bridgehead atoms. The van der Waals surface area contributed by atoms with Gasteiger partial charge in [0.1, 0.15) is 34.3 Å². The van der Waals surface area contributed by atoms with Crippen molar-refractivity contribution in [1.82, 2.24) is 19.9 Å². The summed E-state index contributed by atoms with van der Waals surface area (Å²) in [4.78, 5) is 39.2. The van der Waals surface area contributed by atoms with Gasteiger partial charge in [-0.15, -0.1) is 0 Å². The fraction of sp³-hybridized carbons (Fsp3) is 0.0303. The second-order valence-corrected chi connectivity index (χ2v) is 10.2. The molecule has 8 aromatic rings. The second kappa shape index (κ2) is 9.18. The van der Waals surface area contributed by atoms with Gasteiger partial charge in [-0.05, 0) is 48.5 Å². The van der Waals surface area contributed by atoms with Gasteiger partial charge in [0.15, 0.2) is 11.5 Å². The number of carboxylic acid groups (broad SMARTS) is 2. The standard InChI is InChI=1S/C33H20N4O6/c38-32(39)24-14-20-18-5-1-3-7-22(18)34-28(20)30(36-24)26-11-9-16(42-26)13-17-10-12-27(43-17)31-29-21(15-25(37-31)33(40)41)19-6-2-4-8-23(19)35-29/h1-12,14-15,34-35H,13H2,(H,38,39)(H,40,41). The first-order valence-electron chi connectivity index (χ1n) is 13.4. The summed E-state index contributed by atoms with van der Waals surface area (Å²) in [6.45, 7) is 0. The Morgan fingerprint density at radius 2 is 1.05 bits per heavy atom. The SMILES string of the molecule is O=C(O)c1cc2c([nH]c3ccccc32)c(-c2ccc(Cc3ccc(-c4nc(C(=O)O)cc5c4[nH]c4ccccc45)o3)o2)n1. The summed E-state index contributed by atoms with van der Waals surface area (Å²) in [7, 11) is 0. The van der Waals surface area contributed by atoms with Crippen LogP contribution in [-0.4, -0.2) is 42.1 Å². The molecule has 0 aliphatic carbocycles. The number of furan rings is 2. The van der Waals surface area contributed by atoms with Crippen LogP contribution in [0.5, 0.6) is 0 Å². The third-order valence-electron chi connectivity index (χ3n) is 7.57. The van der Waals surface area contributed by atoms with Gasteiger partial charge in [0, 0.05) is 32.6 Å². The van der Waals surface area contributed by atoms with Crippen LogP contribution in [0.3, 0.4) is 0 Å². The number of nitrogens with one attached hydrogen (secondary N) is 2. The van der Waals surface area contributed by atoms with Crippen molar-refractivity contribution >= 4 is 55.6 Å². The zero-order valence-corrected chi connectivity index (χ0v) is 22.2. The van der Waals surface area contributed by atoms with Gasteiger partial charge >= 0.3 is 11.9 Å². The molecule has 6 heterocycles. The van der Waals surface area contributed by atoms with Crippen molar-refractivity contribution in [3.05, 3.63) is 108 Å². The molecule has 8 rings (SSSR count). The van der Waals surface area contributed by atoms with Crippen molar-refractivity contribution < 1.29 is 28.6 Å². The Kier molecular flexibility index (Phi) is 5.26. The zero-order valence-electron chi connectivity index (χ0n) is 22.2. The lowest BCUT2D eigenvalue weighted by Gasteiger charge is -2.03. The van der Waals surface area contributed by atoms with Crippen LogP contribution in [0.1, 0.15) is 32.5 Å². The smallest absolute Gasteiger partial charge is 0.354 e. The first-order valence-corrected chi connectivity index (χ1v) is 13.4. The maximum absolute atomic E-state index is 11.9. The van der Waals surface area contributed by atoms with Crippen molar-refractivity contribution in [2.24, 2.45) is 0 Å². The molecule has 2 aromatic carbocycles. The molecule has 0 atom stereocenters. The monoisotopic (exact) mass is 568 g/mol. The van der Waals surface area contributed by atoms with E-state index in [1.165, 1.54) is 0 Å². The van der Waals surface area contributed by atoms with E-state index in [0.29, 0.717) is 51.9 Å². The number of aromatic amines is 2. The average molecular weight is 569 g/mol. The lowest BCUT2D eigenvalue weighted by atomic mass is 10.1. The van der Waals surface area contributed by atoms with Crippen LogP contribution in [0.15, 0.2) is 93.8 Å². The first kappa shape index (κ1) is 24.6. The number of para-hydroxylation sites is 2. The van der Waals surface area contributed by atoms with Crippen LogP contribution >= 0.6 is 0 Å². The fourth-order valence-electron chi connectivity index (χ4n) is 5.64. The maximum atomic E-state index is 11.9. The molecular weight excluding hydrogens is 548 g/mol. The lowest BCUT2D eigenvalue weighted by Crippen LogP contribution is -2.01. The van der Waals surface area contributed by atoms with Crippen LogP contribution in [0.25, 0.3) is 66.5 Å². The van der Waals surface area contributed by atoms with Gasteiger partial charge in [0.25, 0.3) is 0 Å². The second-order valence-electron chi connectivity index (χ2n) is 10.2. The molecule has 0 radical (unpaired) electrons. The largest absolute Gasteiger partial charge is 0.477 e. The molecular formula is C33H20N4O6. The number of aromatic carboxylic acids is 2. The van der Waals surface area contributed by atoms with E-state index in [1.807, 2.05) is 48.5 Å². The summed E-state index contributed by atoms with van der Waals surface area (Å²) in [5.74, 6) is -0.286. The van der Waals surface area contributed by atoms with Gasteiger partial charge in [0.05, 0.1) is 17.5 Å². The van der Waals surface area contributed by atoms with Gasteiger partial charge < -0.3 is 29.0 Å². The van der Waals surface area contributed by atoms with Crippen molar-refractivity contribution in [3.63, 3.8) is 0 Å². The Hall–Kier alpha value is -6.16. The minimum Gasteiger partial charge on any atom is -0.477 e. The molecule has 0 fully saturated rings. The van der Waals surface area contributed by atoms with Crippen molar-refractivity contribution in [2.75, 3.05) is 0 Å². The van der Waals surface area contributed by atoms with E-state index in [-0.39, 0.29) is 11.4 Å². The zero-order chi connectivity index (χ0) is 29.2. The molecule has 4 N–H and O–H groups in total. The molecule has 208 valence electrons. The van der Waals surface area contributed by atoms with Crippen molar-refractivity contribution in [1.29, 1.82) is 0 Å². The van der Waals surface area contributed by atoms with E-state index in [2.05, 4.69) is 19.9 Å². The molecule has 10 heteroatoms. The van der Waals surface area contributed by atoms with Crippen molar-refractivity contribution in [2.45, 2.75) is 6.42 Å². The number of hydrogen-bond donors (Lipinski definition) is 4. The normalized spacial score (nSPS) is 11.7. The predicted octanol–water partition coefficient (Wildman–Crippen LogP) is 7.25. The molecule has 6 aromatic heterocycles. The number of fused-ring (bicyclic) bond motifs is 6. The summed E-state index contributed by atoms with van der Waals surface area (Å²) in [5.41, 5.74) is 3.71. The maximum Gasteiger partial charge on any atom is 0.354 e. The Bertz CT molecular complexity index is 2240. The highest BCUT2D eigenvalue weighted by molar-refractivity contribution is 6.13. The Balaban J connectivity index is 1.17. The minimum atomic E-state index is -1.13. The van der Waals surface area contributed by atoms with Gasteiger partial charge in [-0.25, -0.2) is 19.6 Å². The molecule has 0 aliphatic rings. The van der Waals surface area contributed by atoms with E-state index in [4.69, 9.17) is 8.83 Å². The molecule has 0 unspecified atom stereocenters. The summed E-state index contributed by atoms with van der Waals surface area (Å²) < 4.78 is 12.3. The number of carbonyl (C=O) groups is 2. The Labute approximate surface area is 241 Å². The first-order chi connectivity index (χ1) is 20.9. The Morgan fingerprint density at radius 1 is 0.605 bits per heavy atom. The lowest BCUT2D eigenvalue weighted by molar-refractivity contribution is 0.0680. The van der Waals surface area contributed by atoms with Gasteiger partial charge in [0.2, 0.25) is 0 Å². The topological polar surface area (TPSA) is 158 Å². The molecule has 0 spiro atoms. The van der Waals surface area contributed by atoms with E-state index in [9.17, 15) is 19.8 Å². The van der Waals surface area contributed by atoms with Crippen LogP contribution in [0.2, 0.25) is 0 Å². The number of benzene rings is 2. The number of carboxylic acids is 2. The van der Waals surface area contributed by atoms with E-state index >= 15 is 0 Å². The molecule has 0 saturated carbocycles. The summed E-state index contributed by atoms with van der Waals surface area (Å²) in [6.07, 6.45) is 0.295. The average Bonchev–Trinajstić information content (AvgIpc) is 3.81. The third kappa shape index (κ3) is 3.96. The van der Waals surface area contributed by atoms with Gasteiger partial charge in [-0.2, -0.15) is 0 Å². The molecule has 0 amide bonds. The van der Waals surface area contributed by atoms with Gasteiger partial charge in [-0.1, -0.05) is 36.4 Å². The minimum absolute atomic E-state index is 0.0831. The fourth-order valence-corrected chi connectivity index (χ4v) is 5.64. The van der Waals surface area contributed by atoms with Crippen LogP contribution in [-0.2, 0) is 6.42 Å². The highest BCUT2D eigenvalue weighted by Crippen LogP contribution is 2.36. The molecule has 0 saturated heterocycles. The Morgan fingerprint density at radius 3 is 1.49 bits per heavy atom. The third-order valence-corrected chi connectivity index (χ3v) is 7.57. The number of pyridine rings is 2. The van der Waals surface area contributed by atoms with Gasteiger partial charge in [-0.3, -0.25) is 0 Å². The number of rotatable bonds is 6. The quantitative estimate of drug-likeness (QED) is 0.163. The summed E-state index contributed by atoms with van der Waals surface area (Å²) in [5, 5.41) is 22.7. The molecule has 43 heavy (non-hydrogen) atoms. The van der Waals surface area contributed by atoms with Crippen molar-refractivity contribution in [3.8, 4) is 22.9 Å². The molecule has 10 nitrogen and oxygen atoms in total. The summed E-state index contributed by atoms with van der Waals surface area (Å²) >= 11 is 0. The molecule has 0 aliphatic heterocycles. The van der Waals surface area contributed by atoms with Crippen LogP contribution in [0, 0.1) is 0 Å². The number of hydrogen-bond acceptors (Lipinski definition) is 6. The van der Waals surface area contributed by atoms with E-state index in [0.717, 1.165) is 32.6 Å². The van der Waals surface area contributed by atoms with E-state index < -0.39 is 11.9 Å². The van der Waals surface area contributed by atoms with Crippen LogP contribution < -0.4 is 0 Å². The predicted molar refractivity (Wildman–Crippen MR) is 159 cm³/mol. The highest BCUT2D eigenvalue weighted by atomic mass is 16.4.